The lowest BCUT2D eigenvalue weighted by Gasteiger charge is -2.30. The molecule has 2 rings (SSSR count). The number of carbonyl (C=O) groups is 1. The molecule has 0 spiro atoms. The van der Waals surface area contributed by atoms with E-state index in [0.717, 1.165) is 31.6 Å². The van der Waals surface area contributed by atoms with Crippen LogP contribution in [0.15, 0.2) is 20.7 Å². The maximum Gasteiger partial charge on any atom is 0.249 e. The average molecular weight is 622 g/mol. The summed E-state index contributed by atoms with van der Waals surface area (Å²) < 4.78 is 5.68. The molecular formula is C37H71N3O4. The fraction of sp³-hybridized carbons (Fsp3) is 0.811. The highest BCUT2D eigenvalue weighted by Gasteiger charge is 2.33. The van der Waals surface area contributed by atoms with Crippen molar-refractivity contribution in [1.29, 1.82) is 0 Å². The van der Waals surface area contributed by atoms with E-state index in [1.807, 2.05) is 53.5 Å². The monoisotopic (exact) mass is 622 g/mol. The van der Waals surface area contributed by atoms with E-state index in [4.69, 9.17) is 4.74 Å². The van der Waals surface area contributed by atoms with E-state index < -0.39 is 0 Å². The van der Waals surface area contributed by atoms with Crippen molar-refractivity contribution in [1.82, 2.24) is 9.80 Å². The lowest BCUT2D eigenvalue weighted by Crippen LogP contribution is -2.47. The number of ether oxygens (including phenoxy) is 1. The smallest absolute Gasteiger partial charge is 0.249 e. The first-order chi connectivity index (χ1) is 20.5. The Hall–Kier alpha value is -1.83. The number of hydrogen-bond acceptors (Lipinski definition) is 7. The molecule has 258 valence electrons. The topological polar surface area (TPSA) is 70.2 Å². The predicted molar refractivity (Wildman–Crippen MR) is 192 cm³/mol. The fourth-order valence-electron chi connectivity index (χ4n) is 5.46. The SMILES string of the molecule is CC.CC1=C(C(C)(C)C)C(=O)C1.CCCN(CC)CCC.CCCN(CC)CCOCCN(C)c1c(C(C)(C)C)c(=O)c1=O. The van der Waals surface area contributed by atoms with Gasteiger partial charge >= 0.3 is 0 Å². The number of hydrogen-bond donors (Lipinski definition) is 0. The molecule has 0 amide bonds. The van der Waals surface area contributed by atoms with E-state index in [-0.39, 0.29) is 21.7 Å². The second-order valence-electron chi connectivity index (χ2n) is 13.5. The van der Waals surface area contributed by atoms with Crippen molar-refractivity contribution in [2.24, 2.45) is 5.41 Å². The Balaban J connectivity index is 0. The van der Waals surface area contributed by atoms with Crippen molar-refractivity contribution in [3.05, 3.63) is 37.2 Å². The minimum Gasteiger partial charge on any atom is -0.378 e. The summed E-state index contributed by atoms with van der Waals surface area (Å²) >= 11 is 0. The number of anilines is 1. The Morgan fingerprint density at radius 2 is 1.09 bits per heavy atom. The number of nitrogens with zero attached hydrogens (tertiary/aromatic N) is 3. The number of allylic oxidation sites excluding steroid dienone is 2. The maximum absolute atomic E-state index is 11.9. The zero-order chi connectivity index (χ0) is 34.7. The molecule has 0 unspecified atom stereocenters. The molecule has 0 aliphatic heterocycles. The second kappa shape index (κ2) is 22.6. The molecule has 0 N–H and O–H groups in total. The Bertz CT molecular complexity index is 1020. The van der Waals surface area contributed by atoms with Crippen LogP contribution >= 0.6 is 0 Å². The molecule has 0 bridgehead atoms. The first-order valence-electron chi connectivity index (χ1n) is 17.3. The molecule has 0 heterocycles. The molecule has 0 aromatic heterocycles. The van der Waals surface area contributed by atoms with Gasteiger partial charge in [-0.15, -0.1) is 0 Å². The molecular weight excluding hydrogens is 550 g/mol. The van der Waals surface area contributed by atoms with E-state index in [1.165, 1.54) is 38.0 Å². The lowest BCUT2D eigenvalue weighted by atomic mass is 9.73. The molecule has 7 heteroatoms. The summed E-state index contributed by atoms with van der Waals surface area (Å²) in [5.41, 5.74) is 2.61. The third-order valence-electron chi connectivity index (χ3n) is 7.54. The minimum atomic E-state index is -0.363. The molecule has 0 saturated heterocycles. The Morgan fingerprint density at radius 1 is 0.659 bits per heavy atom. The number of ketones is 1. The first kappa shape index (κ1) is 44.3. The summed E-state index contributed by atoms with van der Waals surface area (Å²) in [5, 5.41) is 0. The van der Waals surface area contributed by atoms with Gasteiger partial charge in [-0.1, -0.05) is 95.6 Å². The van der Waals surface area contributed by atoms with Crippen molar-refractivity contribution in [2.75, 3.05) is 71.0 Å². The maximum atomic E-state index is 11.9. The van der Waals surface area contributed by atoms with Gasteiger partial charge in [0.25, 0.3) is 0 Å². The van der Waals surface area contributed by atoms with Gasteiger partial charge in [0.15, 0.2) is 5.78 Å². The van der Waals surface area contributed by atoms with Gasteiger partial charge in [-0.2, -0.15) is 0 Å². The number of carbonyl (C=O) groups excluding carboxylic acids is 1. The van der Waals surface area contributed by atoms with Crippen LogP contribution in [0, 0.1) is 5.41 Å². The molecule has 0 saturated carbocycles. The zero-order valence-electron chi connectivity index (χ0n) is 31.7. The summed E-state index contributed by atoms with van der Waals surface area (Å²) in [7, 11) is 1.85. The lowest BCUT2D eigenvalue weighted by molar-refractivity contribution is -0.117. The standard InChI is InChI=1S/C18H32N2O3.C9H14O.C8H19N.C2H6/c1-7-9-20(8-2)11-13-23-12-10-19(6)15-14(18(3,4)5)16(21)17(15)22;1-6-5-7(10)8(6)9(2,3)4;1-4-7-9(6-3)8-5-2;1-2/h7-13H2,1-6H3;5H2,1-4H3;4-8H2,1-3H3;1-2H3. The van der Waals surface area contributed by atoms with Gasteiger partial charge in [-0.05, 0) is 69.7 Å². The largest absolute Gasteiger partial charge is 0.378 e. The molecule has 1 aromatic carbocycles. The van der Waals surface area contributed by atoms with Crippen molar-refractivity contribution in [2.45, 2.75) is 128 Å². The van der Waals surface area contributed by atoms with Crippen LogP contribution in [-0.4, -0.2) is 81.7 Å². The molecule has 1 aromatic rings. The van der Waals surface area contributed by atoms with Gasteiger partial charge in [-0.25, -0.2) is 0 Å². The number of rotatable bonds is 15. The van der Waals surface area contributed by atoms with Crippen LogP contribution in [0.5, 0.6) is 0 Å². The van der Waals surface area contributed by atoms with Gasteiger partial charge in [0.1, 0.15) is 0 Å². The van der Waals surface area contributed by atoms with Crippen LogP contribution in [0.3, 0.4) is 0 Å². The number of likely N-dealkylation sites (N-methyl/N-ethyl adjacent to an activating group) is 2. The van der Waals surface area contributed by atoms with E-state index in [2.05, 4.69) is 65.2 Å². The van der Waals surface area contributed by atoms with Crippen molar-refractivity contribution >= 4 is 11.5 Å². The second-order valence-corrected chi connectivity index (χ2v) is 13.5. The summed E-state index contributed by atoms with van der Waals surface area (Å²) in [4.78, 5) is 41.4. The molecule has 0 atom stereocenters. The molecule has 1 aliphatic carbocycles. The third kappa shape index (κ3) is 15.4. The Labute approximate surface area is 272 Å². The first-order valence-corrected chi connectivity index (χ1v) is 17.3. The van der Waals surface area contributed by atoms with Crippen molar-refractivity contribution < 1.29 is 9.53 Å². The predicted octanol–water partition coefficient (Wildman–Crippen LogP) is 7.24. The van der Waals surface area contributed by atoms with Crippen LogP contribution in [0.4, 0.5) is 5.69 Å². The van der Waals surface area contributed by atoms with E-state index >= 15 is 0 Å². The molecule has 0 fully saturated rings. The van der Waals surface area contributed by atoms with Gasteiger partial charge in [-0.3, -0.25) is 14.4 Å². The van der Waals surface area contributed by atoms with E-state index in [0.29, 0.717) is 43.2 Å². The van der Waals surface area contributed by atoms with Gasteiger partial charge in [0.2, 0.25) is 10.9 Å². The van der Waals surface area contributed by atoms with Gasteiger partial charge < -0.3 is 19.4 Å². The highest BCUT2D eigenvalue weighted by atomic mass is 16.5. The summed E-state index contributed by atoms with van der Waals surface area (Å²) in [6.45, 7) is 37.9. The fourth-order valence-corrected chi connectivity index (χ4v) is 5.46. The Kier molecular flexibility index (Phi) is 22.8. The molecule has 7 nitrogen and oxygen atoms in total. The zero-order valence-corrected chi connectivity index (χ0v) is 31.7. The summed E-state index contributed by atoms with van der Waals surface area (Å²) in [5.74, 6) is 0.338. The minimum absolute atomic E-state index is 0.0689. The Morgan fingerprint density at radius 3 is 1.41 bits per heavy atom. The average Bonchev–Trinajstić information content (AvgIpc) is 2.94. The van der Waals surface area contributed by atoms with Crippen LogP contribution in [0.2, 0.25) is 0 Å². The quantitative estimate of drug-likeness (QED) is 0.151. The van der Waals surface area contributed by atoms with Crippen LogP contribution < -0.4 is 15.8 Å². The highest BCUT2D eigenvalue weighted by molar-refractivity contribution is 6.05. The van der Waals surface area contributed by atoms with Crippen LogP contribution in [0.1, 0.15) is 128 Å². The molecule has 0 radical (unpaired) electrons. The van der Waals surface area contributed by atoms with Gasteiger partial charge in [0.05, 0.1) is 18.9 Å². The van der Waals surface area contributed by atoms with Gasteiger partial charge in [0, 0.05) is 37.7 Å². The third-order valence-corrected chi connectivity index (χ3v) is 7.54. The van der Waals surface area contributed by atoms with Crippen LogP contribution in [-0.2, 0) is 14.9 Å². The normalized spacial score (nSPS) is 13.2. The summed E-state index contributed by atoms with van der Waals surface area (Å²) in [6.07, 6.45) is 4.41. The van der Waals surface area contributed by atoms with Crippen LogP contribution in [0.25, 0.3) is 0 Å². The number of Topliss-reactive ketones (excluding diaryl/α,β-unsaturated/α-hetero) is 1. The van der Waals surface area contributed by atoms with Crippen molar-refractivity contribution in [3.8, 4) is 0 Å². The highest BCUT2D eigenvalue weighted by Crippen LogP contribution is 2.37. The summed E-state index contributed by atoms with van der Waals surface area (Å²) in [6, 6.07) is 0. The van der Waals surface area contributed by atoms with E-state index in [1.54, 1.807) is 0 Å². The van der Waals surface area contributed by atoms with E-state index in [9.17, 15) is 14.4 Å². The molecule has 44 heavy (non-hydrogen) atoms. The van der Waals surface area contributed by atoms with Crippen molar-refractivity contribution in [3.63, 3.8) is 0 Å². The molecule has 1 aliphatic rings.